The summed E-state index contributed by atoms with van der Waals surface area (Å²) in [6, 6.07) is 9.86. The van der Waals surface area contributed by atoms with E-state index in [4.69, 9.17) is 5.11 Å². The molecular weight excluding hydrogens is 382 g/mol. The number of benzene rings is 1. The Morgan fingerprint density at radius 3 is 2.47 bits per heavy atom. The molecule has 0 spiro atoms. The number of carboxylic acids is 1. The minimum Gasteiger partial charge on any atom is -0.478 e. The van der Waals surface area contributed by atoms with Crippen molar-refractivity contribution in [3.8, 4) is 0 Å². The smallest absolute Gasteiger partial charge is 0.335 e. The maximum Gasteiger partial charge on any atom is 0.335 e. The minimum absolute atomic E-state index is 0.211. The number of amides is 1. The highest BCUT2D eigenvalue weighted by molar-refractivity contribution is 5.95. The lowest BCUT2D eigenvalue weighted by atomic mass is 10.1. The summed E-state index contributed by atoms with van der Waals surface area (Å²) in [4.78, 5) is 36.4. The maximum absolute atomic E-state index is 12.5. The van der Waals surface area contributed by atoms with Gasteiger partial charge in [0.15, 0.2) is 0 Å². The molecule has 8 nitrogen and oxygen atoms in total. The highest BCUT2D eigenvalue weighted by Crippen LogP contribution is 2.12. The number of rotatable bonds is 6. The molecule has 0 atom stereocenters. The van der Waals surface area contributed by atoms with E-state index in [1.165, 1.54) is 12.1 Å². The Morgan fingerprint density at radius 2 is 1.77 bits per heavy atom. The molecule has 4 rings (SSSR count). The van der Waals surface area contributed by atoms with E-state index in [1.54, 1.807) is 42.9 Å². The molecular formula is C22H19N5O3. The van der Waals surface area contributed by atoms with Crippen LogP contribution in [0.15, 0.2) is 61.2 Å². The SMILES string of the molecule is Cc1ncc(Cc2cn3ccc(C(=O)NCc4ccc(C(=O)O)cc4)cc3n2)cn1. The van der Waals surface area contributed by atoms with E-state index in [-0.39, 0.29) is 11.5 Å². The topological polar surface area (TPSA) is 109 Å². The predicted octanol–water partition coefficient (Wildman–Crippen LogP) is 2.65. The van der Waals surface area contributed by atoms with E-state index in [0.717, 1.165) is 22.6 Å². The fourth-order valence-electron chi connectivity index (χ4n) is 3.03. The molecule has 0 saturated heterocycles. The predicted molar refractivity (Wildman–Crippen MR) is 109 cm³/mol. The van der Waals surface area contributed by atoms with Crippen LogP contribution in [0.25, 0.3) is 5.65 Å². The Kier molecular flexibility index (Phi) is 5.21. The van der Waals surface area contributed by atoms with Crippen molar-refractivity contribution in [2.24, 2.45) is 0 Å². The highest BCUT2D eigenvalue weighted by Gasteiger charge is 2.10. The second-order valence-electron chi connectivity index (χ2n) is 6.91. The number of carbonyl (C=O) groups is 2. The van der Waals surface area contributed by atoms with Crippen LogP contribution in [0.2, 0.25) is 0 Å². The zero-order chi connectivity index (χ0) is 21.1. The zero-order valence-electron chi connectivity index (χ0n) is 16.2. The average molecular weight is 401 g/mol. The molecule has 0 aliphatic rings. The summed E-state index contributed by atoms with van der Waals surface area (Å²) < 4.78 is 1.87. The third kappa shape index (κ3) is 4.33. The lowest BCUT2D eigenvalue weighted by Gasteiger charge is -2.06. The van der Waals surface area contributed by atoms with Crippen LogP contribution in [0.4, 0.5) is 0 Å². The number of carboxylic acid groups (broad SMARTS) is 1. The molecule has 0 radical (unpaired) electrons. The van der Waals surface area contributed by atoms with Crippen LogP contribution in [0.3, 0.4) is 0 Å². The zero-order valence-corrected chi connectivity index (χ0v) is 16.2. The highest BCUT2D eigenvalue weighted by atomic mass is 16.4. The van der Waals surface area contributed by atoms with Gasteiger partial charge in [-0.1, -0.05) is 12.1 Å². The molecule has 3 heterocycles. The number of aromatic carboxylic acids is 1. The van der Waals surface area contributed by atoms with Gasteiger partial charge in [-0.2, -0.15) is 0 Å². The number of aryl methyl sites for hydroxylation is 1. The van der Waals surface area contributed by atoms with Crippen molar-refractivity contribution in [3.63, 3.8) is 0 Å². The molecule has 3 aromatic heterocycles. The van der Waals surface area contributed by atoms with Crippen molar-refractivity contribution < 1.29 is 14.7 Å². The number of fused-ring (bicyclic) bond motifs is 1. The molecule has 0 aliphatic heterocycles. The van der Waals surface area contributed by atoms with Gasteiger partial charge in [0.25, 0.3) is 5.91 Å². The first-order chi connectivity index (χ1) is 14.5. The van der Waals surface area contributed by atoms with Gasteiger partial charge in [0.05, 0.1) is 11.3 Å². The molecule has 8 heteroatoms. The number of hydrogen-bond donors (Lipinski definition) is 2. The summed E-state index contributed by atoms with van der Waals surface area (Å²) >= 11 is 0. The molecule has 1 amide bonds. The minimum atomic E-state index is -0.979. The van der Waals surface area contributed by atoms with E-state index in [0.29, 0.717) is 24.2 Å². The van der Waals surface area contributed by atoms with Gasteiger partial charge in [0, 0.05) is 43.3 Å². The van der Waals surface area contributed by atoms with Crippen LogP contribution in [-0.2, 0) is 13.0 Å². The summed E-state index contributed by atoms with van der Waals surface area (Å²) in [7, 11) is 0. The molecule has 4 aromatic rings. The number of nitrogens with one attached hydrogen (secondary N) is 1. The number of aromatic nitrogens is 4. The average Bonchev–Trinajstić information content (AvgIpc) is 3.15. The van der Waals surface area contributed by atoms with Crippen molar-refractivity contribution in [2.75, 3.05) is 0 Å². The van der Waals surface area contributed by atoms with Gasteiger partial charge in [0.2, 0.25) is 0 Å². The van der Waals surface area contributed by atoms with Crippen molar-refractivity contribution in [1.82, 2.24) is 24.7 Å². The summed E-state index contributed by atoms with van der Waals surface area (Å²) in [6.45, 7) is 2.14. The lowest BCUT2D eigenvalue weighted by Crippen LogP contribution is -2.22. The van der Waals surface area contributed by atoms with E-state index < -0.39 is 5.97 Å². The van der Waals surface area contributed by atoms with Crippen molar-refractivity contribution in [3.05, 3.63) is 95.0 Å². The fraction of sp³-hybridized carbons (Fsp3) is 0.136. The van der Waals surface area contributed by atoms with E-state index in [1.807, 2.05) is 17.5 Å². The first kappa shape index (κ1) is 19.3. The fourth-order valence-corrected chi connectivity index (χ4v) is 3.03. The first-order valence-electron chi connectivity index (χ1n) is 9.33. The molecule has 30 heavy (non-hydrogen) atoms. The number of imidazole rings is 1. The Bertz CT molecular complexity index is 1210. The second kappa shape index (κ2) is 8.12. The van der Waals surface area contributed by atoms with Gasteiger partial charge in [-0.05, 0) is 42.3 Å². The van der Waals surface area contributed by atoms with Gasteiger partial charge >= 0.3 is 5.97 Å². The molecule has 0 bridgehead atoms. The monoisotopic (exact) mass is 401 g/mol. The van der Waals surface area contributed by atoms with Crippen LogP contribution in [0, 0.1) is 6.92 Å². The lowest BCUT2D eigenvalue weighted by molar-refractivity contribution is 0.0696. The molecule has 0 unspecified atom stereocenters. The summed E-state index contributed by atoms with van der Waals surface area (Å²) in [6.07, 6.45) is 7.90. The van der Waals surface area contributed by atoms with E-state index in [9.17, 15) is 9.59 Å². The number of hydrogen-bond acceptors (Lipinski definition) is 5. The van der Waals surface area contributed by atoms with E-state index >= 15 is 0 Å². The van der Waals surface area contributed by atoms with Gasteiger partial charge < -0.3 is 14.8 Å². The van der Waals surface area contributed by atoms with Gasteiger partial charge in [-0.25, -0.2) is 19.7 Å². The number of carbonyl (C=O) groups excluding carboxylic acids is 1. The molecule has 0 aliphatic carbocycles. The molecule has 0 saturated carbocycles. The van der Waals surface area contributed by atoms with Gasteiger partial charge in [0.1, 0.15) is 11.5 Å². The van der Waals surface area contributed by atoms with Crippen molar-refractivity contribution in [2.45, 2.75) is 19.9 Å². The quantitative estimate of drug-likeness (QED) is 0.514. The Labute approximate surface area is 172 Å². The maximum atomic E-state index is 12.5. The Hall–Kier alpha value is -4.07. The van der Waals surface area contributed by atoms with Crippen molar-refractivity contribution >= 4 is 17.5 Å². The summed E-state index contributed by atoms with van der Waals surface area (Å²) in [5, 5.41) is 11.8. The third-order valence-electron chi connectivity index (χ3n) is 4.65. The summed E-state index contributed by atoms with van der Waals surface area (Å²) in [5.74, 6) is -0.480. The molecule has 2 N–H and O–H groups in total. The van der Waals surface area contributed by atoms with Crippen LogP contribution >= 0.6 is 0 Å². The third-order valence-corrected chi connectivity index (χ3v) is 4.65. The Balaban J connectivity index is 1.44. The van der Waals surface area contributed by atoms with Crippen LogP contribution in [0.5, 0.6) is 0 Å². The van der Waals surface area contributed by atoms with Crippen LogP contribution < -0.4 is 5.32 Å². The summed E-state index contributed by atoms with van der Waals surface area (Å²) in [5.41, 5.74) is 4.03. The van der Waals surface area contributed by atoms with Gasteiger partial charge in [-0.3, -0.25) is 4.79 Å². The van der Waals surface area contributed by atoms with Crippen molar-refractivity contribution in [1.29, 1.82) is 0 Å². The normalized spacial score (nSPS) is 10.8. The number of nitrogens with zero attached hydrogens (tertiary/aromatic N) is 4. The van der Waals surface area contributed by atoms with Crippen LogP contribution in [0.1, 0.15) is 43.4 Å². The largest absolute Gasteiger partial charge is 0.478 e. The number of pyridine rings is 1. The van der Waals surface area contributed by atoms with Crippen LogP contribution in [-0.4, -0.2) is 36.3 Å². The Morgan fingerprint density at radius 1 is 1.03 bits per heavy atom. The molecule has 150 valence electrons. The van der Waals surface area contributed by atoms with Gasteiger partial charge in [-0.15, -0.1) is 0 Å². The van der Waals surface area contributed by atoms with E-state index in [2.05, 4.69) is 20.3 Å². The molecule has 1 aromatic carbocycles. The standard InChI is InChI=1S/C22H19N5O3/c1-14-23-11-16(12-24-14)8-19-13-27-7-6-18(9-20(27)26-19)21(28)25-10-15-2-4-17(5-3-15)22(29)30/h2-7,9,11-13H,8,10H2,1H3,(H,25,28)(H,29,30). The molecule has 0 fully saturated rings. The second-order valence-corrected chi connectivity index (χ2v) is 6.91. The first-order valence-corrected chi connectivity index (χ1v) is 9.33.